The van der Waals surface area contributed by atoms with Crippen LogP contribution in [0, 0.1) is 5.82 Å². The molecule has 1 saturated heterocycles. The first kappa shape index (κ1) is 10.1. The summed E-state index contributed by atoms with van der Waals surface area (Å²) in [4.78, 5) is 4.12. The minimum absolute atomic E-state index is 0.294. The highest BCUT2D eigenvalue weighted by Crippen LogP contribution is 2.24. The van der Waals surface area contributed by atoms with Crippen LogP contribution in [0.25, 0.3) is 0 Å². The Morgan fingerprint density at radius 2 is 2.43 bits per heavy atom. The van der Waals surface area contributed by atoms with Crippen molar-refractivity contribution >= 4 is 15.9 Å². The van der Waals surface area contributed by atoms with Gasteiger partial charge in [-0.25, -0.2) is 4.39 Å². The van der Waals surface area contributed by atoms with Crippen molar-refractivity contribution in [2.24, 2.45) is 0 Å². The first-order valence-corrected chi connectivity index (χ1v) is 5.58. The Morgan fingerprint density at radius 1 is 1.57 bits per heavy atom. The molecule has 0 spiro atoms. The zero-order valence-electron chi connectivity index (χ0n) is 7.76. The van der Waals surface area contributed by atoms with Crippen LogP contribution in [0.3, 0.4) is 0 Å². The highest BCUT2D eigenvalue weighted by Gasteiger charge is 2.17. The third-order valence-electron chi connectivity index (χ3n) is 2.54. The van der Waals surface area contributed by atoms with Crippen molar-refractivity contribution in [3.8, 4) is 0 Å². The van der Waals surface area contributed by atoms with Gasteiger partial charge in [0, 0.05) is 18.2 Å². The minimum Gasteiger partial charge on any atom is -0.316 e. The van der Waals surface area contributed by atoms with E-state index < -0.39 is 0 Å². The summed E-state index contributed by atoms with van der Waals surface area (Å²) in [6, 6.07) is 1.78. The van der Waals surface area contributed by atoms with Crippen LogP contribution in [0.5, 0.6) is 0 Å². The molecule has 0 aromatic carbocycles. The van der Waals surface area contributed by atoms with Gasteiger partial charge in [0.15, 0.2) is 5.82 Å². The highest BCUT2D eigenvalue weighted by atomic mass is 79.9. The van der Waals surface area contributed by atoms with E-state index >= 15 is 0 Å². The smallest absolute Gasteiger partial charge is 0.155 e. The van der Waals surface area contributed by atoms with E-state index in [2.05, 4.69) is 26.2 Å². The van der Waals surface area contributed by atoms with Gasteiger partial charge in [0.05, 0.1) is 10.7 Å². The highest BCUT2D eigenvalue weighted by molar-refractivity contribution is 9.10. The van der Waals surface area contributed by atoms with Gasteiger partial charge >= 0.3 is 0 Å². The van der Waals surface area contributed by atoms with E-state index in [1.165, 1.54) is 12.6 Å². The summed E-state index contributed by atoms with van der Waals surface area (Å²) in [5, 5.41) is 3.32. The van der Waals surface area contributed by atoms with Gasteiger partial charge in [-0.1, -0.05) is 0 Å². The molecule has 0 bridgehead atoms. The van der Waals surface area contributed by atoms with Crippen LogP contribution in [0.2, 0.25) is 0 Å². The maximum Gasteiger partial charge on any atom is 0.155 e. The molecule has 1 unspecified atom stereocenters. The van der Waals surface area contributed by atoms with E-state index in [0.29, 0.717) is 10.4 Å². The molecule has 1 fully saturated rings. The molecule has 1 aromatic heterocycles. The summed E-state index contributed by atoms with van der Waals surface area (Å²) in [5.41, 5.74) is 0.977. The Labute approximate surface area is 91.1 Å². The lowest BCUT2D eigenvalue weighted by molar-refractivity contribution is 0.453. The molecule has 4 heteroatoms. The van der Waals surface area contributed by atoms with Gasteiger partial charge in [0.2, 0.25) is 0 Å². The monoisotopic (exact) mass is 258 g/mol. The van der Waals surface area contributed by atoms with E-state index in [1.807, 2.05) is 0 Å². The predicted octanol–water partition coefficient (Wildman–Crippen LogP) is 2.45. The molecule has 1 N–H and O–H groups in total. The van der Waals surface area contributed by atoms with Gasteiger partial charge < -0.3 is 5.32 Å². The van der Waals surface area contributed by atoms with Crippen LogP contribution in [0.4, 0.5) is 4.39 Å². The van der Waals surface area contributed by atoms with Crippen molar-refractivity contribution in [1.29, 1.82) is 0 Å². The first-order chi connectivity index (χ1) is 6.77. The number of nitrogens with zero attached hydrogens (tertiary/aromatic N) is 1. The molecule has 0 amide bonds. The molecule has 1 aromatic rings. The fourth-order valence-corrected chi connectivity index (χ4v) is 2.09. The molecule has 1 aliphatic heterocycles. The van der Waals surface area contributed by atoms with E-state index in [0.717, 1.165) is 25.2 Å². The second-order valence-corrected chi connectivity index (χ2v) is 4.42. The minimum atomic E-state index is -0.294. The molecule has 0 saturated carbocycles. The lowest BCUT2D eigenvalue weighted by Gasteiger charge is -2.22. The van der Waals surface area contributed by atoms with Gasteiger partial charge in [0.25, 0.3) is 0 Å². The van der Waals surface area contributed by atoms with Crippen molar-refractivity contribution in [3.63, 3.8) is 0 Å². The number of halogens is 2. The lowest BCUT2D eigenvalue weighted by atomic mass is 9.96. The standard InChI is InChI=1S/C10H12BrFN2/c11-8-4-10(14-6-9(8)12)7-2-1-3-13-5-7/h4,6-7,13H,1-3,5H2. The molecule has 14 heavy (non-hydrogen) atoms. The van der Waals surface area contributed by atoms with Gasteiger partial charge in [-0.2, -0.15) is 0 Å². The van der Waals surface area contributed by atoms with Crippen molar-refractivity contribution in [2.45, 2.75) is 18.8 Å². The second kappa shape index (κ2) is 4.36. The molecule has 2 heterocycles. The number of hydrogen-bond acceptors (Lipinski definition) is 2. The SMILES string of the molecule is Fc1cnc(C2CCCNC2)cc1Br. The molecule has 0 radical (unpaired) electrons. The average Bonchev–Trinajstić information content (AvgIpc) is 2.23. The molecule has 1 atom stereocenters. The summed E-state index contributed by atoms with van der Waals surface area (Å²) >= 11 is 3.18. The van der Waals surface area contributed by atoms with Crippen LogP contribution in [0.15, 0.2) is 16.7 Å². The Morgan fingerprint density at radius 3 is 3.07 bits per heavy atom. The largest absolute Gasteiger partial charge is 0.316 e. The summed E-state index contributed by atoms with van der Waals surface area (Å²) in [6.07, 6.45) is 3.59. The quantitative estimate of drug-likeness (QED) is 0.837. The van der Waals surface area contributed by atoms with Crippen molar-refractivity contribution in [1.82, 2.24) is 10.3 Å². The van der Waals surface area contributed by atoms with Gasteiger partial charge in [-0.3, -0.25) is 4.98 Å². The van der Waals surface area contributed by atoms with E-state index in [1.54, 1.807) is 6.07 Å². The van der Waals surface area contributed by atoms with Gasteiger partial charge in [0.1, 0.15) is 0 Å². The first-order valence-electron chi connectivity index (χ1n) is 4.79. The fraction of sp³-hybridized carbons (Fsp3) is 0.500. The van der Waals surface area contributed by atoms with E-state index in [4.69, 9.17) is 0 Å². The maximum atomic E-state index is 12.9. The number of piperidine rings is 1. The van der Waals surface area contributed by atoms with Crippen LogP contribution < -0.4 is 5.32 Å². The molecule has 2 nitrogen and oxygen atoms in total. The lowest BCUT2D eigenvalue weighted by Crippen LogP contribution is -2.28. The summed E-state index contributed by atoms with van der Waals surface area (Å²) in [7, 11) is 0. The van der Waals surface area contributed by atoms with Crippen molar-refractivity contribution < 1.29 is 4.39 Å². The molecular formula is C10H12BrFN2. The summed E-state index contributed by atoms with van der Waals surface area (Å²) < 4.78 is 13.4. The second-order valence-electron chi connectivity index (χ2n) is 3.57. The molecule has 1 aliphatic rings. The van der Waals surface area contributed by atoms with Crippen LogP contribution in [-0.4, -0.2) is 18.1 Å². The Kier molecular flexibility index (Phi) is 3.13. The Bertz CT molecular complexity index is 324. The zero-order chi connectivity index (χ0) is 9.97. The predicted molar refractivity (Wildman–Crippen MR) is 56.7 cm³/mol. The molecule has 0 aliphatic carbocycles. The zero-order valence-corrected chi connectivity index (χ0v) is 9.35. The van der Waals surface area contributed by atoms with Gasteiger partial charge in [-0.15, -0.1) is 0 Å². The Hall–Kier alpha value is -0.480. The van der Waals surface area contributed by atoms with Crippen LogP contribution >= 0.6 is 15.9 Å². The number of nitrogens with one attached hydrogen (secondary N) is 1. The number of rotatable bonds is 1. The van der Waals surface area contributed by atoms with Crippen molar-refractivity contribution in [2.75, 3.05) is 13.1 Å². The molecule has 2 rings (SSSR count). The number of aromatic nitrogens is 1. The topological polar surface area (TPSA) is 24.9 Å². The van der Waals surface area contributed by atoms with Gasteiger partial charge in [-0.05, 0) is 41.4 Å². The summed E-state index contributed by atoms with van der Waals surface area (Å²) in [6.45, 7) is 2.03. The maximum absolute atomic E-state index is 12.9. The van der Waals surface area contributed by atoms with Crippen LogP contribution in [-0.2, 0) is 0 Å². The number of pyridine rings is 1. The third-order valence-corrected chi connectivity index (χ3v) is 3.15. The average molecular weight is 259 g/mol. The fourth-order valence-electron chi connectivity index (χ4n) is 1.76. The number of hydrogen-bond donors (Lipinski definition) is 1. The van der Waals surface area contributed by atoms with Crippen molar-refractivity contribution in [3.05, 3.63) is 28.2 Å². The van der Waals surface area contributed by atoms with E-state index in [9.17, 15) is 4.39 Å². The van der Waals surface area contributed by atoms with Crippen LogP contribution in [0.1, 0.15) is 24.5 Å². The molecular weight excluding hydrogens is 247 g/mol. The van der Waals surface area contributed by atoms with E-state index in [-0.39, 0.29) is 5.82 Å². The Balaban J connectivity index is 2.18. The molecule has 76 valence electrons. The summed E-state index contributed by atoms with van der Waals surface area (Å²) in [5.74, 6) is 0.137. The normalized spacial score (nSPS) is 22.3. The third kappa shape index (κ3) is 2.12.